The van der Waals surface area contributed by atoms with Crippen molar-refractivity contribution in [3.05, 3.63) is 12.7 Å². The highest BCUT2D eigenvalue weighted by atomic mass is 16.5. The van der Waals surface area contributed by atoms with Crippen molar-refractivity contribution in [2.75, 3.05) is 19.8 Å². The highest BCUT2D eigenvalue weighted by Crippen LogP contribution is 2.19. The molecule has 0 saturated carbocycles. The van der Waals surface area contributed by atoms with Gasteiger partial charge in [-0.1, -0.05) is 13.0 Å². The van der Waals surface area contributed by atoms with Crippen LogP contribution in [-0.4, -0.2) is 36.0 Å². The quantitative estimate of drug-likeness (QED) is 0.458. The van der Waals surface area contributed by atoms with E-state index >= 15 is 0 Å². The lowest BCUT2D eigenvalue weighted by Crippen LogP contribution is -2.38. The van der Waals surface area contributed by atoms with Crippen LogP contribution in [0.3, 0.4) is 0 Å². The molecule has 0 aliphatic rings. The number of aliphatic hydroxyl groups excluding tert-OH is 2. The van der Waals surface area contributed by atoms with Crippen LogP contribution in [0.4, 0.5) is 0 Å². The fourth-order valence-electron chi connectivity index (χ4n) is 0.730. The molecule has 0 aliphatic heterocycles. The summed E-state index contributed by atoms with van der Waals surface area (Å²) in [5, 5.41) is 17.8. The van der Waals surface area contributed by atoms with Gasteiger partial charge in [0.05, 0.1) is 19.8 Å². The first-order valence-corrected chi connectivity index (χ1v) is 4.19. The van der Waals surface area contributed by atoms with Crippen LogP contribution in [-0.2, 0) is 9.53 Å². The molecule has 0 aromatic heterocycles. The molecule has 0 aliphatic carbocycles. The molecule has 0 unspecified atom stereocenters. The van der Waals surface area contributed by atoms with Crippen LogP contribution in [0.2, 0.25) is 0 Å². The Morgan fingerprint density at radius 2 is 2.08 bits per heavy atom. The highest BCUT2D eigenvalue weighted by Gasteiger charge is 2.35. The van der Waals surface area contributed by atoms with Gasteiger partial charge in [0, 0.05) is 0 Å². The molecular formula is C9H16O4. The molecule has 76 valence electrons. The second kappa shape index (κ2) is 5.72. The maximum Gasteiger partial charge on any atom is 0.320 e. The van der Waals surface area contributed by atoms with Crippen molar-refractivity contribution in [3.8, 4) is 0 Å². The van der Waals surface area contributed by atoms with Crippen LogP contribution >= 0.6 is 0 Å². The van der Waals surface area contributed by atoms with Crippen LogP contribution in [0.1, 0.15) is 13.3 Å². The third-order valence-corrected chi connectivity index (χ3v) is 1.80. The molecule has 0 atom stereocenters. The Kier molecular flexibility index (Phi) is 5.34. The molecule has 0 rings (SSSR count). The van der Waals surface area contributed by atoms with Gasteiger partial charge >= 0.3 is 5.97 Å². The molecule has 0 fully saturated rings. The maximum atomic E-state index is 11.3. The van der Waals surface area contributed by atoms with E-state index in [4.69, 9.17) is 14.9 Å². The Bertz CT molecular complexity index is 172. The predicted octanol–water partition coefficient (Wildman–Crippen LogP) is 0.0966. The number of hydrogen-bond donors (Lipinski definition) is 2. The second-order valence-corrected chi connectivity index (χ2v) is 2.81. The molecule has 0 aromatic carbocycles. The molecule has 0 aromatic rings. The summed E-state index contributed by atoms with van der Waals surface area (Å²) in [5.41, 5.74) is -1.35. The molecule has 0 heterocycles. The molecular weight excluding hydrogens is 172 g/mol. The van der Waals surface area contributed by atoms with E-state index in [0.29, 0.717) is 6.42 Å². The van der Waals surface area contributed by atoms with E-state index in [0.717, 1.165) is 0 Å². The first-order valence-electron chi connectivity index (χ1n) is 4.19. The van der Waals surface area contributed by atoms with Crippen molar-refractivity contribution in [2.45, 2.75) is 13.3 Å². The molecule has 0 spiro atoms. The fourth-order valence-corrected chi connectivity index (χ4v) is 0.730. The average Bonchev–Trinajstić information content (AvgIpc) is 2.18. The summed E-state index contributed by atoms with van der Waals surface area (Å²) in [6, 6.07) is 0. The van der Waals surface area contributed by atoms with Crippen LogP contribution in [0.15, 0.2) is 12.7 Å². The van der Waals surface area contributed by atoms with Crippen molar-refractivity contribution in [3.63, 3.8) is 0 Å². The lowest BCUT2D eigenvalue weighted by molar-refractivity contribution is -0.157. The number of carbonyl (C=O) groups is 1. The summed E-state index contributed by atoms with van der Waals surface area (Å²) >= 11 is 0. The van der Waals surface area contributed by atoms with E-state index in [1.54, 1.807) is 0 Å². The maximum absolute atomic E-state index is 11.3. The van der Waals surface area contributed by atoms with Gasteiger partial charge in [-0.3, -0.25) is 4.79 Å². The highest BCUT2D eigenvalue weighted by molar-refractivity contribution is 5.79. The van der Waals surface area contributed by atoms with Crippen molar-refractivity contribution < 1.29 is 19.7 Å². The van der Waals surface area contributed by atoms with E-state index < -0.39 is 24.6 Å². The molecule has 2 N–H and O–H groups in total. The van der Waals surface area contributed by atoms with E-state index in [1.807, 2.05) is 6.92 Å². The van der Waals surface area contributed by atoms with Gasteiger partial charge in [0.1, 0.15) is 5.41 Å². The van der Waals surface area contributed by atoms with E-state index in [2.05, 4.69) is 6.58 Å². The van der Waals surface area contributed by atoms with E-state index in [1.165, 1.54) is 6.08 Å². The smallest absolute Gasteiger partial charge is 0.320 e. The SMILES string of the molecule is C=CC(CO)(CO)C(=O)OCCC. The standard InChI is InChI=1S/C9H16O4/c1-3-5-13-8(12)9(4-2,6-10)7-11/h4,10-11H,2-3,5-7H2,1H3. The minimum Gasteiger partial charge on any atom is -0.465 e. The third-order valence-electron chi connectivity index (χ3n) is 1.80. The van der Waals surface area contributed by atoms with E-state index in [-0.39, 0.29) is 6.61 Å². The summed E-state index contributed by atoms with van der Waals surface area (Å²) in [6.45, 7) is 4.55. The molecule has 0 amide bonds. The lowest BCUT2D eigenvalue weighted by atomic mass is 9.91. The Balaban J connectivity index is 4.35. The summed E-state index contributed by atoms with van der Waals surface area (Å²) in [7, 11) is 0. The number of esters is 1. The Labute approximate surface area is 77.8 Å². The van der Waals surface area contributed by atoms with Crippen LogP contribution in [0, 0.1) is 5.41 Å². The second-order valence-electron chi connectivity index (χ2n) is 2.81. The Morgan fingerprint density at radius 1 is 1.54 bits per heavy atom. The van der Waals surface area contributed by atoms with Gasteiger partial charge in [-0.2, -0.15) is 0 Å². The summed E-state index contributed by atoms with van der Waals surface area (Å²) in [6.07, 6.45) is 1.92. The van der Waals surface area contributed by atoms with Crippen LogP contribution < -0.4 is 0 Å². The van der Waals surface area contributed by atoms with Crippen molar-refractivity contribution in [1.82, 2.24) is 0 Å². The van der Waals surface area contributed by atoms with Crippen LogP contribution in [0.5, 0.6) is 0 Å². The van der Waals surface area contributed by atoms with Gasteiger partial charge in [-0.05, 0) is 6.42 Å². The minimum absolute atomic E-state index is 0.286. The van der Waals surface area contributed by atoms with Crippen molar-refractivity contribution in [2.24, 2.45) is 5.41 Å². The normalized spacial score (nSPS) is 11.0. The summed E-state index contributed by atoms with van der Waals surface area (Å²) in [4.78, 5) is 11.3. The van der Waals surface area contributed by atoms with Gasteiger partial charge in [-0.25, -0.2) is 0 Å². The Morgan fingerprint density at radius 3 is 2.38 bits per heavy atom. The summed E-state index contributed by atoms with van der Waals surface area (Å²) < 4.78 is 4.80. The molecule has 4 heteroatoms. The minimum atomic E-state index is -1.35. The van der Waals surface area contributed by atoms with Gasteiger partial charge in [0.25, 0.3) is 0 Å². The fraction of sp³-hybridized carbons (Fsp3) is 0.667. The number of rotatable bonds is 6. The Hall–Kier alpha value is -0.870. The van der Waals surface area contributed by atoms with Crippen molar-refractivity contribution in [1.29, 1.82) is 0 Å². The number of hydrogen-bond acceptors (Lipinski definition) is 4. The molecule has 0 radical (unpaired) electrons. The lowest BCUT2D eigenvalue weighted by Gasteiger charge is -2.22. The topological polar surface area (TPSA) is 66.8 Å². The monoisotopic (exact) mass is 188 g/mol. The van der Waals surface area contributed by atoms with Gasteiger partial charge in [0.15, 0.2) is 0 Å². The number of ether oxygens (including phenoxy) is 1. The first kappa shape index (κ1) is 12.1. The molecule has 4 nitrogen and oxygen atoms in total. The third kappa shape index (κ3) is 2.82. The zero-order valence-electron chi connectivity index (χ0n) is 7.82. The van der Waals surface area contributed by atoms with Gasteiger partial charge in [0.2, 0.25) is 0 Å². The molecule has 13 heavy (non-hydrogen) atoms. The number of aliphatic hydroxyl groups is 2. The number of carbonyl (C=O) groups excluding carboxylic acids is 1. The average molecular weight is 188 g/mol. The van der Waals surface area contributed by atoms with E-state index in [9.17, 15) is 4.79 Å². The summed E-state index contributed by atoms with van der Waals surface area (Å²) in [5.74, 6) is -0.630. The zero-order valence-corrected chi connectivity index (χ0v) is 7.82. The van der Waals surface area contributed by atoms with Crippen molar-refractivity contribution >= 4 is 5.97 Å². The van der Waals surface area contributed by atoms with Gasteiger partial charge in [-0.15, -0.1) is 6.58 Å². The molecule has 0 saturated heterocycles. The zero-order chi connectivity index (χ0) is 10.3. The van der Waals surface area contributed by atoms with Crippen LogP contribution in [0.25, 0.3) is 0 Å². The predicted molar refractivity (Wildman–Crippen MR) is 48.1 cm³/mol. The first-order chi connectivity index (χ1) is 6.16. The largest absolute Gasteiger partial charge is 0.465 e. The van der Waals surface area contributed by atoms with Gasteiger partial charge < -0.3 is 14.9 Å². The molecule has 0 bridgehead atoms.